The fraction of sp³-hybridized carbons (Fsp3) is 0.818. The fourth-order valence-corrected chi connectivity index (χ4v) is 7.89. The number of allylic oxidation sites excluding steroid dienone is 3. The van der Waals surface area contributed by atoms with E-state index in [-0.39, 0.29) is 23.9 Å². The highest BCUT2D eigenvalue weighted by Gasteiger charge is 2.15. The van der Waals surface area contributed by atoms with Crippen LogP contribution in [0.15, 0.2) is 24.3 Å². The van der Waals surface area contributed by atoms with E-state index in [0.29, 0.717) is 57.4 Å². The highest BCUT2D eigenvalue weighted by atomic mass is 33.1. The molecule has 0 atom stereocenters. The maximum atomic E-state index is 13.1. The Labute approximate surface area is 355 Å². The van der Waals surface area contributed by atoms with Crippen LogP contribution in [0.25, 0.3) is 0 Å². The van der Waals surface area contributed by atoms with Crippen LogP contribution in [0.4, 0.5) is 9.59 Å². The lowest BCUT2D eigenvalue weighted by Crippen LogP contribution is -2.47. The van der Waals surface area contributed by atoms with Crippen LogP contribution in [0.5, 0.6) is 0 Å². The van der Waals surface area contributed by atoms with Crippen molar-refractivity contribution in [3.63, 3.8) is 0 Å². The summed E-state index contributed by atoms with van der Waals surface area (Å²) in [6.07, 6.45) is 27.1. The lowest BCUT2D eigenvalue weighted by atomic mass is 10.1. The number of piperazine rings is 1. The van der Waals surface area contributed by atoms with Gasteiger partial charge < -0.3 is 29.3 Å². The summed E-state index contributed by atoms with van der Waals surface area (Å²) in [7, 11) is 5.33. The van der Waals surface area contributed by atoms with E-state index in [1.165, 1.54) is 38.5 Å². The summed E-state index contributed by atoms with van der Waals surface area (Å²) >= 11 is 0. The van der Waals surface area contributed by atoms with Crippen molar-refractivity contribution in [3.8, 4) is 0 Å². The molecule has 57 heavy (non-hydrogen) atoms. The monoisotopic (exact) mass is 841 g/mol. The molecule has 0 unspecified atom stereocenters. The summed E-state index contributed by atoms with van der Waals surface area (Å²) in [4.78, 5) is 55.6. The Hall–Kier alpha value is -2.22. The summed E-state index contributed by atoms with van der Waals surface area (Å²) < 4.78 is 16.3. The van der Waals surface area contributed by atoms with Gasteiger partial charge in [0.1, 0.15) is 13.2 Å². The minimum Gasteiger partial charge on any atom is -0.463 e. The topological polar surface area (TPSA) is 118 Å². The first-order valence-electron chi connectivity index (χ1n) is 22.4. The van der Waals surface area contributed by atoms with E-state index < -0.39 is 0 Å². The first-order chi connectivity index (χ1) is 27.8. The number of amides is 2. The van der Waals surface area contributed by atoms with Crippen LogP contribution < -0.4 is 5.32 Å². The predicted octanol–water partition coefficient (Wildman–Crippen LogP) is 9.85. The number of rotatable bonds is 37. The van der Waals surface area contributed by atoms with Gasteiger partial charge in [-0.1, -0.05) is 112 Å². The molecule has 0 bridgehead atoms. The molecule has 330 valence electrons. The van der Waals surface area contributed by atoms with Gasteiger partial charge in [0, 0.05) is 76.4 Å². The standard InChI is InChI=1S/C44H80N4O7S2/c1-4-6-8-10-13-19-25-41(49)26-20-14-12-16-22-29-48(30-23-17-18-24-36-53-42(50)27-21-15-11-9-7-5-2)44(52)55-38-40-57-56-39-37-54-43(51)45-28-31-47-34-32-46(3)33-35-47/h19,21,25,27H,4-18,20,22-24,26,28-40H2,1-3H3,(H,45,51)/b25-19-,27-21-. The summed E-state index contributed by atoms with van der Waals surface area (Å²) in [6, 6.07) is 0. The molecule has 1 aliphatic heterocycles. The van der Waals surface area contributed by atoms with Gasteiger partial charge >= 0.3 is 18.2 Å². The highest BCUT2D eigenvalue weighted by Crippen LogP contribution is 2.20. The normalized spacial score (nSPS) is 13.7. The molecule has 1 saturated heterocycles. The van der Waals surface area contributed by atoms with Crippen molar-refractivity contribution in [1.82, 2.24) is 20.0 Å². The SMILES string of the molecule is CCCCCC/C=C\C(=O)CCCCCCCN(CCCCCCOC(=O)/C=C\CCCCCC)C(=O)OCCSSCCOC(=O)NCCN1CCN(C)CC1. The number of ether oxygens (including phenoxy) is 3. The first kappa shape index (κ1) is 52.8. The molecule has 0 saturated carbocycles. The maximum absolute atomic E-state index is 13.1. The van der Waals surface area contributed by atoms with Gasteiger partial charge in [0.05, 0.1) is 6.61 Å². The Morgan fingerprint density at radius 2 is 1.19 bits per heavy atom. The fourth-order valence-electron chi connectivity index (χ4n) is 6.24. The van der Waals surface area contributed by atoms with Crippen molar-refractivity contribution in [1.29, 1.82) is 0 Å². The number of carbonyl (C=O) groups excluding carboxylic acids is 4. The van der Waals surface area contributed by atoms with Crippen LogP contribution in [0, 0.1) is 0 Å². The van der Waals surface area contributed by atoms with Crippen LogP contribution in [-0.4, -0.2) is 129 Å². The van der Waals surface area contributed by atoms with Crippen molar-refractivity contribution >= 4 is 45.5 Å². The number of nitrogens with zero attached hydrogens (tertiary/aromatic N) is 3. The molecule has 0 aromatic rings. The van der Waals surface area contributed by atoms with Crippen LogP contribution in [0.2, 0.25) is 0 Å². The van der Waals surface area contributed by atoms with Gasteiger partial charge in [0.2, 0.25) is 0 Å². The third-order valence-corrected chi connectivity index (χ3v) is 12.2. The molecule has 1 aliphatic rings. The van der Waals surface area contributed by atoms with Gasteiger partial charge in [0.25, 0.3) is 0 Å². The second-order valence-electron chi connectivity index (χ2n) is 15.0. The molecule has 1 heterocycles. The number of likely N-dealkylation sites (N-methyl/N-ethyl adjacent to an activating group) is 1. The molecule has 0 aromatic carbocycles. The molecular formula is C44H80N4O7S2. The number of ketones is 1. The predicted molar refractivity (Wildman–Crippen MR) is 239 cm³/mol. The van der Waals surface area contributed by atoms with Gasteiger partial charge in [-0.05, 0) is 70.9 Å². The molecule has 1 rings (SSSR count). The van der Waals surface area contributed by atoms with Gasteiger partial charge in [-0.3, -0.25) is 9.69 Å². The number of esters is 1. The Morgan fingerprint density at radius 3 is 1.84 bits per heavy atom. The average Bonchev–Trinajstić information content (AvgIpc) is 3.20. The molecule has 1 fully saturated rings. The van der Waals surface area contributed by atoms with Gasteiger partial charge in [-0.2, -0.15) is 0 Å². The minimum absolute atomic E-state index is 0.224. The van der Waals surface area contributed by atoms with E-state index >= 15 is 0 Å². The zero-order valence-corrected chi connectivity index (χ0v) is 37.8. The van der Waals surface area contributed by atoms with Crippen molar-refractivity contribution in [2.24, 2.45) is 0 Å². The lowest BCUT2D eigenvalue weighted by molar-refractivity contribution is -0.137. The molecule has 0 spiro atoms. The second-order valence-corrected chi connectivity index (χ2v) is 17.7. The first-order valence-corrected chi connectivity index (χ1v) is 24.8. The van der Waals surface area contributed by atoms with E-state index in [9.17, 15) is 19.2 Å². The maximum Gasteiger partial charge on any atom is 0.409 e. The zero-order chi connectivity index (χ0) is 41.4. The average molecular weight is 841 g/mol. The Bertz CT molecular complexity index is 1030. The number of hydrogen-bond acceptors (Lipinski definition) is 11. The summed E-state index contributed by atoms with van der Waals surface area (Å²) in [5.41, 5.74) is 0. The van der Waals surface area contributed by atoms with Crippen molar-refractivity contribution in [2.45, 2.75) is 142 Å². The Morgan fingerprint density at radius 1 is 0.632 bits per heavy atom. The van der Waals surface area contributed by atoms with Crippen LogP contribution in [0.1, 0.15) is 142 Å². The quantitative estimate of drug-likeness (QED) is 0.0212. The van der Waals surface area contributed by atoms with Crippen molar-refractivity contribution in [3.05, 3.63) is 24.3 Å². The molecular weight excluding hydrogens is 761 g/mol. The van der Waals surface area contributed by atoms with E-state index in [0.717, 1.165) is 116 Å². The van der Waals surface area contributed by atoms with Crippen LogP contribution in [-0.2, 0) is 23.8 Å². The smallest absolute Gasteiger partial charge is 0.409 e. The molecule has 1 N–H and O–H groups in total. The summed E-state index contributed by atoms with van der Waals surface area (Å²) in [5.74, 6) is 1.27. The van der Waals surface area contributed by atoms with Crippen LogP contribution >= 0.6 is 21.6 Å². The largest absolute Gasteiger partial charge is 0.463 e. The molecule has 13 heteroatoms. The van der Waals surface area contributed by atoms with Gasteiger partial charge in [-0.25, -0.2) is 14.4 Å². The number of alkyl carbamates (subject to hydrolysis) is 1. The van der Waals surface area contributed by atoms with E-state index in [1.54, 1.807) is 33.7 Å². The molecule has 2 amide bonds. The third-order valence-electron chi connectivity index (χ3n) is 9.85. The molecule has 0 aliphatic carbocycles. The molecule has 11 nitrogen and oxygen atoms in total. The van der Waals surface area contributed by atoms with Crippen molar-refractivity contribution < 1.29 is 33.4 Å². The third kappa shape index (κ3) is 34.4. The number of unbranched alkanes of at least 4 members (excludes halogenated alkanes) is 15. The summed E-state index contributed by atoms with van der Waals surface area (Å²) in [5, 5.41) is 2.83. The van der Waals surface area contributed by atoms with E-state index in [2.05, 4.69) is 36.0 Å². The summed E-state index contributed by atoms with van der Waals surface area (Å²) in [6.45, 7) is 12.3. The van der Waals surface area contributed by atoms with Crippen LogP contribution in [0.3, 0.4) is 0 Å². The minimum atomic E-state index is -0.380. The number of carbonyl (C=O) groups is 4. The van der Waals surface area contributed by atoms with Gasteiger partial charge in [0.15, 0.2) is 5.78 Å². The van der Waals surface area contributed by atoms with Crippen molar-refractivity contribution in [2.75, 3.05) is 90.7 Å². The highest BCUT2D eigenvalue weighted by molar-refractivity contribution is 8.76. The lowest BCUT2D eigenvalue weighted by Gasteiger charge is -2.32. The molecule has 0 radical (unpaired) electrons. The number of hydrogen-bond donors (Lipinski definition) is 1. The number of nitrogens with one attached hydrogen (secondary N) is 1. The van der Waals surface area contributed by atoms with E-state index in [4.69, 9.17) is 14.2 Å². The van der Waals surface area contributed by atoms with E-state index in [1.807, 2.05) is 17.1 Å². The molecule has 0 aromatic heterocycles. The van der Waals surface area contributed by atoms with Gasteiger partial charge in [-0.15, -0.1) is 0 Å². The Kier molecular flexibility index (Phi) is 36.4. The zero-order valence-electron chi connectivity index (χ0n) is 36.2. The second kappa shape index (κ2) is 39.3. The Balaban J connectivity index is 2.27.